The zero-order chi connectivity index (χ0) is 17.5. The first-order valence-corrected chi connectivity index (χ1v) is 8.27. The van der Waals surface area contributed by atoms with Gasteiger partial charge in [-0.2, -0.15) is 0 Å². The minimum absolute atomic E-state index is 0.0865. The number of carbonyl (C=O) groups is 1. The van der Waals surface area contributed by atoms with Gasteiger partial charge in [-0.1, -0.05) is 54.6 Å². The molecule has 0 spiro atoms. The molecule has 3 heteroatoms. The summed E-state index contributed by atoms with van der Waals surface area (Å²) >= 11 is 0. The Morgan fingerprint density at radius 1 is 1.00 bits per heavy atom. The quantitative estimate of drug-likeness (QED) is 0.693. The van der Waals surface area contributed by atoms with Crippen molar-refractivity contribution in [1.82, 2.24) is 10.3 Å². The molecule has 25 heavy (non-hydrogen) atoms. The average molecular weight is 328 g/mol. The summed E-state index contributed by atoms with van der Waals surface area (Å²) in [5.41, 5.74) is 4.01. The van der Waals surface area contributed by atoms with Crippen LogP contribution in [0.1, 0.15) is 24.1 Å². The topological polar surface area (TPSA) is 42.0 Å². The standard InChI is InChI=1S/C22H20N2O/c1-17(24-22(25)14-13-18-8-3-2-4-9-18)19-10-7-11-20(16-19)21-12-5-6-15-23-21/h2-17H,1H3,(H,24,25)/b14-13+. The number of hydrogen-bond acceptors (Lipinski definition) is 2. The van der Waals surface area contributed by atoms with Crippen molar-refractivity contribution in [3.05, 3.63) is 96.2 Å². The Morgan fingerprint density at radius 3 is 2.56 bits per heavy atom. The molecule has 2 aromatic carbocycles. The molecule has 1 unspecified atom stereocenters. The normalized spacial score (nSPS) is 12.0. The molecule has 0 bridgehead atoms. The molecule has 1 heterocycles. The Labute approximate surface area is 148 Å². The van der Waals surface area contributed by atoms with Crippen molar-refractivity contribution in [3.8, 4) is 11.3 Å². The molecule has 1 N–H and O–H groups in total. The van der Waals surface area contributed by atoms with Gasteiger partial charge in [0.2, 0.25) is 5.91 Å². The van der Waals surface area contributed by atoms with Crippen LogP contribution in [-0.4, -0.2) is 10.9 Å². The molecule has 0 saturated carbocycles. The molecular formula is C22H20N2O. The highest BCUT2D eigenvalue weighted by atomic mass is 16.1. The van der Waals surface area contributed by atoms with E-state index in [9.17, 15) is 4.79 Å². The molecule has 0 aliphatic rings. The first kappa shape index (κ1) is 16.7. The second-order valence-corrected chi connectivity index (χ2v) is 5.81. The van der Waals surface area contributed by atoms with Gasteiger partial charge in [-0.3, -0.25) is 9.78 Å². The van der Waals surface area contributed by atoms with E-state index in [4.69, 9.17) is 0 Å². The highest BCUT2D eigenvalue weighted by molar-refractivity contribution is 5.92. The van der Waals surface area contributed by atoms with Crippen LogP contribution in [0.25, 0.3) is 17.3 Å². The van der Waals surface area contributed by atoms with Crippen LogP contribution >= 0.6 is 0 Å². The molecule has 0 aliphatic carbocycles. The Bertz CT molecular complexity index is 857. The molecule has 0 radical (unpaired) electrons. The van der Waals surface area contributed by atoms with Gasteiger partial charge in [-0.15, -0.1) is 0 Å². The summed E-state index contributed by atoms with van der Waals surface area (Å²) in [6.45, 7) is 1.98. The first-order chi connectivity index (χ1) is 12.2. The van der Waals surface area contributed by atoms with Crippen molar-refractivity contribution in [2.24, 2.45) is 0 Å². The van der Waals surface area contributed by atoms with E-state index >= 15 is 0 Å². The number of benzene rings is 2. The molecule has 1 atom stereocenters. The van der Waals surface area contributed by atoms with Gasteiger partial charge in [0.15, 0.2) is 0 Å². The maximum absolute atomic E-state index is 12.1. The lowest BCUT2D eigenvalue weighted by atomic mass is 10.0. The Kier molecular flexibility index (Phi) is 5.37. The van der Waals surface area contributed by atoms with Crippen LogP contribution in [0.15, 0.2) is 85.1 Å². The van der Waals surface area contributed by atoms with Gasteiger partial charge in [0, 0.05) is 17.8 Å². The van der Waals surface area contributed by atoms with Crippen molar-refractivity contribution in [1.29, 1.82) is 0 Å². The number of amides is 1. The summed E-state index contributed by atoms with van der Waals surface area (Å²) in [5, 5.41) is 3.00. The molecule has 3 nitrogen and oxygen atoms in total. The summed E-state index contributed by atoms with van der Waals surface area (Å²) < 4.78 is 0. The third kappa shape index (κ3) is 4.64. The zero-order valence-corrected chi connectivity index (χ0v) is 14.1. The number of carbonyl (C=O) groups excluding carboxylic acids is 1. The summed E-state index contributed by atoms with van der Waals surface area (Å²) in [5.74, 6) is -0.111. The second kappa shape index (κ2) is 8.06. The lowest BCUT2D eigenvalue weighted by Crippen LogP contribution is -2.24. The predicted molar refractivity (Wildman–Crippen MR) is 102 cm³/mol. The molecule has 0 saturated heterocycles. The van der Waals surface area contributed by atoms with E-state index in [2.05, 4.69) is 16.4 Å². The third-order valence-electron chi connectivity index (χ3n) is 3.93. The van der Waals surface area contributed by atoms with E-state index in [0.717, 1.165) is 22.4 Å². The zero-order valence-electron chi connectivity index (χ0n) is 14.1. The van der Waals surface area contributed by atoms with Crippen LogP contribution in [0, 0.1) is 0 Å². The van der Waals surface area contributed by atoms with Gasteiger partial charge in [0.05, 0.1) is 11.7 Å². The van der Waals surface area contributed by atoms with E-state index in [-0.39, 0.29) is 11.9 Å². The third-order valence-corrected chi connectivity index (χ3v) is 3.93. The van der Waals surface area contributed by atoms with Gasteiger partial charge in [0.25, 0.3) is 0 Å². The lowest BCUT2D eigenvalue weighted by Gasteiger charge is -2.14. The Hall–Kier alpha value is -3.20. The molecule has 1 amide bonds. The van der Waals surface area contributed by atoms with Crippen LogP contribution in [0.5, 0.6) is 0 Å². The second-order valence-electron chi connectivity index (χ2n) is 5.81. The van der Waals surface area contributed by atoms with Crippen molar-refractivity contribution in [3.63, 3.8) is 0 Å². The van der Waals surface area contributed by atoms with Crippen LogP contribution < -0.4 is 5.32 Å². The van der Waals surface area contributed by atoms with E-state index in [1.165, 1.54) is 0 Å². The summed E-state index contributed by atoms with van der Waals surface area (Å²) in [6, 6.07) is 23.6. The Morgan fingerprint density at radius 2 is 1.80 bits per heavy atom. The van der Waals surface area contributed by atoms with Crippen LogP contribution in [-0.2, 0) is 4.79 Å². The monoisotopic (exact) mass is 328 g/mol. The number of nitrogens with one attached hydrogen (secondary N) is 1. The predicted octanol–water partition coefficient (Wildman–Crippen LogP) is 4.64. The van der Waals surface area contributed by atoms with E-state index in [1.807, 2.05) is 79.7 Å². The number of hydrogen-bond donors (Lipinski definition) is 1. The smallest absolute Gasteiger partial charge is 0.244 e. The van der Waals surface area contributed by atoms with E-state index in [1.54, 1.807) is 12.3 Å². The first-order valence-electron chi connectivity index (χ1n) is 8.27. The number of pyridine rings is 1. The summed E-state index contributed by atoms with van der Waals surface area (Å²) in [4.78, 5) is 16.5. The molecule has 3 rings (SSSR count). The number of aromatic nitrogens is 1. The molecule has 124 valence electrons. The van der Waals surface area contributed by atoms with Gasteiger partial charge in [-0.05, 0) is 42.3 Å². The fraction of sp³-hybridized carbons (Fsp3) is 0.0909. The fourth-order valence-corrected chi connectivity index (χ4v) is 2.58. The van der Waals surface area contributed by atoms with Gasteiger partial charge >= 0.3 is 0 Å². The maximum atomic E-state index is 12.1. The van der Waals surface area contributed by atoms with Gasteiger partial charge in [-0.25, -0.2) is 0 Å². The number of rotatable bonds is 5. The largest absolute Gasteiger partial charge is 0.346 e. The highest BCUT2D eigenvalue weighted by Gasteiger charge is 2.09. The van der Waals surface area contributed by atoms with Crippen molar-refractivity contribution < 1.29 is 4.79 Å². The van der Waals surface area contributed by atoms with Crippen molar-refractivity contribution >= 4 is 12.0 Å². The average Bonchev–Trinajstić information content (AvgIpc) is 2.68. The summed E-state index contributed by atoms with van der Waals surface area (Å²) in [6.07, 6.45) is 5.16. The minimum atomic E-state index is -0.111. The van der Waals surface area contributed by atoms with Gasteiger partial charge < -0.3 is 5.32 Å². The van der Waals surface area contributed by atoms with E-state index < -0.39 is 0 Å². The molecule has 0 aliphatic heterocycles. The van der Waals surface area contributed by atoms with Crippen LogP contribution in [0.3, 0.4) is 0 Å². The van der Waals surface area contributed by atoms with Crippen LogP contribution in [0.2, 0.25) is 0 Å². The Balaban J connectivity index is 1.68. The number of nitrogens with zero attached hydrogens (tertiary/aromatic N) is 1. The molecule has 3 aromatic rings. The lowest BCUT2D eigenvalue weighted by molar-refractivity contribution is -0.117. The minimum Gasteiger partial charge on any atom is -0.346 e. The fourth-order valence-electron chi connectivity index (χ4n) is 2.58. The molecular weight excluding hydrogens is 308 g/mol. The van der Waals surface area contributed by atoms with Crippen molar-refractivity contribution in [2.75, 3.05) is 0 Å². The van der Waals surface area contributed by atoms with Gasteiger partial charge in [0.1, 0.15) is 0 Å². The van der Waals surface area contributed by atoms with Crippen molar-refractivity contribution in [2.45, 2.75) is 13.0 Å². The van der Waals surface area contributed by atoms with E-state index in [0.29, 0.717) is 0 Å². The molecule has 1 aromatic heterocycles. The highest BCUT2D eigenvalue weighted by Crippen LogP contribution is 2.21. The SMILES string of the molecule is CC(NC(=O)/C=C/c1ccccc1)c1cccc(-c2ccccn2)c1. The maximum Gasteiger partial charge on any atom is 0.244 e. The summed E-state index contributed by atoms with van der Waals surface area (Å²) in [7, 11) is 0. The molecule has 0 fully saturated rings. The van der Waals surface area contributed by atoms with Crippen LogP contribution in [0.4, 0.5) is 0 Å².